The second-order valence-corrected chi connectivity index (χ2v) is 5.01. The van der Waals surface area contributed by atoms with Gasteiger partial charge >= 0.3 is 0 Å². The number of rotatable bonds is 3. The molecular weight excluding hydrogens is 214 g/mol. The van der Waals surface area contributed by atoms with Crippen LogP contribution in [0.25, 0.3) is 0 Å². The van der Waals surface area contributed by atoms with Crippen LogP contribution in [0, 0.1) is 0 Å². The van der Waals surface area contributed by atoms with E-state index in [0.717, 1.165) is 26.1 Å². The molecule has 0 bridgehead atoms. The lowest BCUT2D eigenvalue weighted by molar-refractivity contribution is -0.133. The minimum Gasteiger partial charge on any atom is -0.368 e. The van der Waals surface area contributed by atoms with Crippen LogP contribution in [0.4, 0.5) is 0 Å². The maximum Gasteiger partial charge on any atom is 0.159 e. The zero-order valence-electron chi connectivity index (χ0n) is 10.7. The van der Waals surface area contributed by atoms with Gasteiger partial charge in [0.1, 0.15) is 6.10 Å². The third-order valence-corrected chi connectivity index (χ3v) is 3.39. The van der Waals surface area contributed by atoms with Crippen molar-refractivity contribution in [3.63, 3.8) is 0 Å². The summed E-state index contributed by atoms with van der Waals surface area (Å²) in [5.41, 5.74) is 2.84. The van der Waals surface area contributed by atoms with E-state index in [2.05, 4.69) is 24.0 Å². The quantitative estimate of drug-likeness (QED) is 0.748. The fourth-order valence-corrected chi connectivity index (χ4v) is 2.39. The highest BCUT2D eigenvalue weighted by Gasteiger charge is 2.24. The Morgan fingerprint density at radius 2 is 2.41 bits per heavy atom. The maximum atomic E-state index is 11.3. The number of ketones is 1. The second-order valence-electron chi connectivity index (χ2n) is 5.01. The molecule has 3 heteroatoms. The fourth-order valence-electron chi connectivity index (χ4n) is 2.39. The summed E-state index contributed by atoms with van der Waals surface area (Å²) < 4.78 is 5.45. The lowest BCUT2D eigenvalue weighted by Crippen LogP contribution is -2.45. The molecule has 1 unspecified atom stereocenters. The summed E-state index contributed by atoms with van der Waals surface area (Å²) in [6.07, 6.45) is 6.70. The van der Waals surface area contributed by atoms with Crippen LogP contribution in [0.2, 0.25) is 0 Å². The van der Waals surface area contributed by atoms with Crippen LogP contribution in [0.5, 0.6) is 0 Å². The number of carbonyl (C=O) groups is 1. The third kappa shape index (κ3) is 3.51. The first-order valence-electron chi connectivity index (χ1n) is 6.36. The van der Waals surface area contributed by atoms with E-state index in [1.165, 1.54) is 17.6 Å². The van der Waals surface area contributed by atoms with Gasteiger partial charge in [-0.3, -0.25) is 9.69 Å². The van der Waals surface area contributed by atoms with E-state index in [0.29, 0.717) is 6.61 Å². The molecular formula is C14H21NO2. The third-order valence-electron chi connectivity index (χ3n) is 3.39. The highest BCUT2D eigenvalue weighted by Crippen LogP contribution is 2.18. The van der Waals surface area contributed by atoms with Crippen molar-refractivity contribution < 1.29 is 9.53 Å². The molecule has 1 aliphatic heterocycles. The predicted molar refractivity (Wildman–Crippen MR) is 67.9 cm³/mol. The number of carbonyl (C=O) groups excluding carboxylic acids is 1. The number of morpholine rings is 1. The molecule has 0 saturated carbocycles. The van der Waals surface area contributed by atoms with Crippen molar-refractivity contribution in [1.82, 2.24) is 4.90 Å². The van der Waals surface area contributed by atoms with Crippen molar-refractivity contribution in [2.75, 3.05) is 26.2 Å². The van der Waals surface area contributed by atoms with Gasteiger partial charge in [-0.15, -0.1) is 0 Å². The molecule has 1 heterocycles. The summed E-state index contributed by atoms with van der Waals surface area (Å²) in [6, 6.07) is 0. The number of hydrogen-bond acceptors (Lipinski definition) is 3. The zero-order valence-corrected chi connectivity index (χ0v) is 10.7. The largest absolute Gasteiger partial charge is 0.368 e. The topological polar surface area (TPSA) is 29.5 Å². The summed E-state index contributed by atoms with van der Waals surface area (Å²) >= 11 is 0. The standard InChI is InChI=1S/C14H21NO2/c1-11-4-3-5-13(8-11)9-15-6-7-17-14(10-15)12(2)16/h5,8,14H,3-4,6-7,9-10H2,1-2H3. The van der Waals surface area contributed by atoms with Gasteiger partial charge in [-0.25, -0.2) is 0 Å². The van der Waals surface area contributed by atoms with Crippen LogP contribution in [0.3, 0.4) is 0 Å². The lowest BCUT2D eigenvalue weighted by atomic mass is 10.00. The molecule has 1 atom stereocenters. The second kappa shape index (κ2) is 5.61. The minimum atomic E-state index is -0.224. The number of nitrogens with zero attached hydrogens (tertiary/aromatic N) is 1. The number of hydrogen-bond donors (Lipinski definition) is 0. The molecule has 2 aliphatic rings. The normalized spacial score (nSPS) is 26.4. The molecule has 0 N–H and O–H groups in total. The molecule has 0 aromatic heterocycles. The van der Waals surface area contributed by atoms with Crippen LogP contribution in [0.15, 0.2) is 23.3 Å². The first-order chi connectivity index (χ1) is 8.15. The summed E-state index contributed by atoms with van der Waals surface area (Å²) in [7, 11) is 0. The van der Waals surface area contributed by atoms with E-state index in [1.807, 2.05) is 0 Å². The van der Waals surface area contributed by atoms with Crippen molar-refractivity contribution in [1.29, 1.82) is 0 Å². The SMILES string of the molecule is CC(=O)C1CN(CC2=CCCC(C)=C2)CCO1. The van der Waals surface area contributed by atoms with Gasteiger partial charge in [0.25, 0.3) is 0 Å². The minimum absolute atomic E-state index is 0.138. The molecule has 0 aromatic carbocycles. The number of allylic oxidation sites excluding steroid dienone is 2. The van der Waals surface area contributed by atoms with Crippen molar-refractivity contribution >= 4 is 5.78 Å². The number of ether oxygens (including phenoxy) is 1. The van der Waals surface area contributed by atoms with Crippen LogP contribution in [-0.4, -0.2) is 43.0 Å². The Labute approximate surface area is 103 Å². The Bertz CT molecular complexity index is 357. The Morgan fingerprint density at radius 3 is 3.12 bits per heavy atom. The summed E-state index contributed by atoms with van der Waals surface area (Å²) in [4.78, 5) is 13.6. The van der Waals surface area contributed by atoms with Gasteiger partial charge in [0.2, 0.25) is 0 Å². The molecule has 1 aliphatic carbocycles. The van der Waals surface area contributed by atoms with Crippen LogP contribution in [0.1, 0.15) is 26.7 Å². The van der Waals surface area contributed by atoms with E-state index in [-0.39, 0.29) is 11.9 Å². The predicted octanol–water partition coefficient (Wildman–Crippen LogP) is 1.94. The van der Waals surface area contributed by atoms with E-state index < -0.39 is 0 Å². The van der Waals surface area contributed by atoms with E-state index >= 15 is 0 Å². The number of Topliss-reactive ketones (excluding diaryl/α,β-unsaturated/α-hetero) is 1. The van der Waals surface area contributed by atoms with Gasteiger partial charge in [-0.05, 0) is 32.3 Å². The van der Waals surface area contributed by atoms with Gasteiger partial charge in [0.05, 0.1) is 6.61 Å². The van der Waals surface area contributed by atoms with E-state index in [9.17, 15) is 4.79 Å². The van der Waals surface area contributed by atoms with Crippen molar-refractivity contribution in [2.24, 2.45) is 0 Å². The average Bonchev–Trinajstić information content (AvgIpc) is 2.29. The Morgan fingerprint density at radius 1 is 1.59 bits per heavy atom. The smallest absolute Gasteiger partial charge is 0.159 e. The first kappa shape index (κ1) is 12.5. The van der Waals surface area contributed by atoms with Crippen molar-refractivity contribution in [2.45, 2.75) is 32.8 Å². The summed E-state index contributed by atoms with van der Waals surface area (Å²) in [6.45, 7) is 7.07. The molecule has 1 fully saturated rings. The molecule has 3 nitrogen and oxygen atoms in total. The molecule has 0 aromatic rings. The first-order valence-corrected chi connectivity index (χ1v) is 6.36. The summed E-state index contributed by atoms with van der Waals surface area (Å²) in [5, 5.41) is 0. The molecule has 0 spiro atoms. The molecule has 1 saturated heterocycles. The van der Waals surface area contributed by atoms with Gasteiger partial charge in [-0.2, -0.15) is 0 Å². The van der Waals surface area contributed by atoms with Crippen molar-refractivity contribution in [3.05, 3.63) is 23.3 Å². The van der Waals surface area contributed by atoms with E-state index in [4.69, 9.17) is 4.74 Å². The van der Waals surface area contributed by atoms with Crippen LogP contribution in [-0.2, 0) is 9.53 Å². The Balaban J connectivity index is 1.91. The van der Waals surface area contributed by atoms with Gasteiger partial charge < -0.3 is 4.74 Å². The molecule has 17 heavy (non-hydrogen) atoms. The summed E-state index contributed by atoms with van der Waals surface area (Å²) in [5.74, 6) is 0.138. The Hall–Kier alpha value is -0.930. The fraction of sp³-hybridized carbons (Fsp3) is 0.643. The van der Waals surface area contributed by atoms with Crippen LogP contribution < -0.4 is 0 Å². The van der Waals surface area contributed by atoms with Gasteiger partial charge in [0.15, 0.2) is 5.78 Å². The molecule has 94 valence electrons. The average molecular weight is 235 g/mol. The monoisotopic (exact) mass is 235 g/mol. The maximum absolute atomic E-state index is 11.3. The van der Waals surface area contributed by atoms with Gasteiger partial charge in [0, 0.05) is 19.6 Å². The highest BCUT2D eigenvalue weighted by molar-refractivity contribution is 5.80. The van der Waals surface area contributed by atoms with Crippen molar-refractivity contribution in [3.8, 4) is 0 Å². The molecule has 0 amide bonds. The lowest BCUT2D eigenvalue weighted by Gasteiger charge is -2.32. The van der Waals surface area contributed by atoms with E-state index in [1.54, 1.807) is 6.92 Å². The molecule has 2 rings (SSSR count). The Kier molecular flexibility index (Phi) is 4.13. The molecule has 0 radical (unpaired) electrons. The zero-order chi connectivity index (χ0) is 12.3. The van der Waals surface area contributed by atoms with Gasteiger partial charge in [-0.1, -0.05) is 17.7 Å². The highest BCUT2D eigenvalue weighted by atomic mass is 16.5. The van der Waals surface area contributed by atoms with Crippen LogP contribution >= 0.6 is 0 Å².